The van der Waals surface area contributed by atoms with Gasteiger partial charge < -0.3 is 30.6 Å². The molecular weight excluding hydrogens is 701 g/mol. The molecule has 0 spiro atoms. The maximum atomic E-state index is 13.9. The Kier molecular flexibility index (Phi) is 8.83. The second kappa shape index (κ2) is 12.8. The van der Waals surface area contributed by atoms with Crippen LogP contribution in [-0.2, 0) is 17.2 Å². The normalized spacial score (nSPS) is 18.6. The van der Waals surface area contributed by atoms with Crippen molar-refractivity contribution in [1.82, 2.24) is 5.32 Å². The van der Waals surface area contributed by atoms with Gasteiger partial charge in [0.2, 0.25) is 0 Å². The second-order valence-corrected chi connectivity index (χ2v) is 12.4. The first-order valence-electron chi connectivity index (χ1n) is 14.6. The zero-order chi connectivity index (χ0) is 36.1. The minimum atomic E-state index is -5.09. The lowest BCUT2D eigenvalue weighted by atomic mass is 9.93. The number of nitrogens with one attached hydrogen (secondary N) is 3. The monoisotopic (exact) mass is 724 g/mol. The average molecular weight is 725 g/mol. The number of amides is 3. The standard InChI is InChI=1S/C32H23F7N4O6S/c1-48-22-7-2-13(25-18-10-16(41-30(46)47)12-23(18)49-43-25)8-19(22)28(44)42-26-17-5-3-14(31(34,35)36)9-24(17)50-27(26)29(45)40-15-4-6-21(33)20(11-15)32(37,38)39/h2-9,11,16,18,23,41H,10,12H2,1H3,(H,40,45)(H,42,44)(H,46,47). The van der Waals surface area contributed by atoms with E-state index in [9.17, 15) is 45.1 Å². The van der Waals surface area contributed by atoms with Gasteiger partial charge in [0.1, 0.15) is 22.5 Å². The molecule has 1 fully saturated rings. The van der Waals surface area contributed by atoms with E-state index in [-0.39, 0.29) is 37.9 Å². The van der Waals surface area contributed by atoms with Crippen molar-refractivity contribution in [3.8, 4) is 5.75 Å². The van der Waals surface area contributed by atoms with Crippen LogP contribution in [0.1, 0.15) is 49.6 Å². The first kappa shape index (κ1) is 34.5. The number of thiophene rings is 1. The van der Waals surface area contributed by atoms with E-state index in [1.807, 2.05) is 0 Å². The molecule has 10 nitrogen and oxygen atoms in total. The third-order valence-corrected chi connectivity index (χ3v) is 9.35. The van der Waals surface area contributed by atoms with Gasteiger partial charge in [-0.2, -0.15) is 26.3 Å². The number of carboxylic acid groups (broad SMARTS) is 1. The molecule has 3 unspecified atom stereocenters. The smallest absolute Gasteiger partial charge is 0.419 e. The molecule has 18 heteroatoms. The summed E-state index contributed by atoms with van der Waals surface area (Å²) in [4.78, 5) is 43.6. The van der Waals surface area contributed by atoms with E-state index < -0.39 is 65.0 Å². The van der Waals surface area contributed by atoms with Crippen LogP contribution in [0.2, 0.25) is 0 Å². The van der Waals surface area contributed by atoms with Crippen LogP contribution in [0.5, 0.6) is 5.75 Å². The second-order valence-electron chi connectivity index (χ2n) is 11.4. The molecule has 6 rings (SSSR count). The lowest BCUT2D eigenvalue weighted by molar-refractivity contribution is -0.140. The predicted molar refractivity (Wildman–Crippen MR) is 166 cm³/mol. The van der Waals surface area contributed by atoms with Gasteiger partial charge in [0.05, 0.1) is 35.2 Å². The van der Waals surface area contributed by atoms with Gasteiger partial charge in [0.15, 0.2) is 0 Å². The summed E-state index contributed by atoms with van der Waals surface area (Å²) in [5, 5.41) is 20.4. The summed E-state index contributed by atoms with van der Waals surface area (Å²) in [6.07, 6.45) is -10.7. The van der Waals surface area contributed by atoms with E-state index in [1.54, 1.807) is 6.07 Å². The number of carbonyl (C=O) groups excluding carboxylic acids is 2. The SMILES string of the molecule is COc1ccc(C2=NOC3CC(NC(=O)O)CC23)cc1C(=O)Nc1c(C(=O)Nc2ccc(F)c(C(F)(F)F)c2)sc2cc(C(F)(F)F)ccc12. The van der Waals surface area contributed by atoms with Crippen LogP contribution in [-0.4, -0.2) is 48.0 Å². The highest BCUT2D eigenvalue weighted by atomic mass is 32.1. The summed E-state index contributed by atoms with van der Waals surface area (Å²) in [6, 6.07) is 8.37. The molecule has 262 valence electrons. The average Bonchev–Trinajstić information content (AvgIpc) is 3.73. The molecule has 0 radical (unpaired) electrons. The molecule has 1 saturated carbocycles. The summed E-state index contributed by atoms with van der Waals surface area (Å²) in [5.41, 5.74) is -2.62. The third-order valence-electron chi connectivity index (χ3n) is 8.20. The van der Waals surface area contributed by atoms with Crippen LogP contribution in [0.15, 0.2) is 59.8 Å². The number of carbonyl (C=O) groups is 3. The minimum Gasteiger partial charge on any atom is -0.496 e. The highest BCUT2D eigenvalue weighted by Crippen LogP contribution is 2.42. The molecular formula is C32H23F7N4O6S. The zero-order valence-electron chi connectivity index (χ0n) is 25.3. The van der Waals surface area contributed by atoms with Gasteiger partial charge in [-0.05, 0) is 55.0 Å². The maximum Gasteiger partial charge on any atom is 0.419 e. The van der Waals surface area contributed by atoms with Crippen LogP contribution in [0.25, 0.3) is 10.1 Å². The van der Waals surface area contributed by atoms with Gasteiger partial charge in [-0.1, -0.05) is 11.2 Å². The summed E-state index contributed by atoms with van der Waals surface area (Å²) in [5.74, 6) is -3.79. The zero-order valence-corrected chi connectivity index (χ0v) is 26.1. The summed E-state index contributed by atoms with van der Waals surface area (Å²) in [7, 11) is 1.28. The number of nitrogens with zero attached hydrogens (tertiary/aromatic N) is 1. The maximum absolute atomic E-state index is 13.9. The third kappa shape index (κ3) is 6.74. The molecule has 4 aromatic rings. The van der Waals surface area contributed by atoms with Crippen molar-refractivity contribution in [2.45, 2.75) is 37.3 Å². The Morgan fingerprint density at radius 3 is 2.38 bits per heavy atom. The number of halogens is 7. The van der Waals surface area contributed by atoms with Crippen molar-refractivity contribution in [1.29, 1.82) is 0 Å². The fourth-order valence-electron chi connectivity index (χ4n) is 5.95. The first-order chi connectivity index (χ1) is 23.5. The van der Waals surface area contributed by atoms with E-state index in [4.69, 9.17) is 14.7 Å². The highest BCUT2D eigenvalue weighted by molar-refractivity contribution is 7.21. The number of hydrogen-bond donors (Lipinski definition) is 4. The largest absolute Gasteiger partial charge is 0.496 e. The van der Waals surface area contributed by atoms with E-state index >= 15 is 0 Å². The molecule has 1 aliphatic heterocycles. The molecule has 0 saturated heterocycles. The van der Waals surface area contributed by atoms with Crippen LogP contribution >= 0.6 is 11.3 Å². The van der Waals surface area contributed by atoms with Gasteiger partial charge in [0.25, 0.3) is 11.8 Å². The number of oxime groups is 1. The number of benzene rings is 3. The van der Waals surface area contributed by atoms with Crippen LogP contribution < -0.4 is 20.7 Å². The van der Waals surface area contributed by atoms with Gasteiger partial charge in [-0.25, -0.2) is 9.18 Å². The molecule has 1 aromatic heterocycles. The Balaban J connectivity index is 1.35. The van der Waals surface area contributed by atoms with E-state index in [0.717, 1.165) is 24.3 Å². The number of rotatable bonds is 7. The fourth-order valence-corrected chi connectivity index (χ4v) is 7.04. The number of ether oxygens (including phenoxy) is 1. The number of methoxy groups -OCH3 is 1. The number of fused-ring (bicyclic) bond motifs is 2. The molecule has 3 aromatic carbocycles. The Bertz CT molecular complexity index is 2060. The number of anilines is 2. The van der Waals surface area contributed by atoms with Gasteiger partial charge in [-0.3, -0.25) is 9.59 Å². The fraction of sp³-hybridized carbons (Fsp3) is 0.250. The molecule has 3 atom stereocenters. The van der Waals surface area contributed by atoms with Crippen LogP contribution in [0.3, 0.4) is 0 Å². The van der Waals surface area contributed by atoms with Crippen LogP contribution in [0.4, 0.5) is 46.9 Å². The minimum absolute atomic E-state index is 0.0195. The van der Waals surface area contributed by atoms with Crippen molar-refractivity contribution >= 4 is 56.4 Å². The number of hydrogen-bond acceptors (Lipinski definition) is 7. The predicted octanol–water partition coefficient (Wildman–Crippen LogP) is 7.74. The van der Waals surface area contributed by atoms with Gasteiger partial charge >= 0.3 is 18.4 Å². The molecule has 1 aliphatic carbocycles. The lowest BCUT2D eigenvalue weighted by Crippen LogP contribution is -2.32. The molecule has 2 aliphatic rings. The highest BCUT2D eigenvalue weighted by Gasteiger charge is 2.44. The summed E-state index contributed by atoms with van der Waals surface area (Å²) >= 11 is 0.542. The number of alkyl halides is 6. The van der Waals surface area contributed by atoms with Crippen molar-refractivity contribution in [2.24, 2.45) is 11.1 Å². The van der Waals surface area contributed by atoms with Crippen molar-refractivity contribution in [2.75, 3.05) is 17.7 Å². The van der Waals surface area contributed by atoms with Crippen LogP contribution in [0, 0.1) is 11.7 Å². The summed E-state index contributed by atoms with van der Waals surface area (Å²) in [6.45, 7) is 0. The van der Waals surface area contributed by atoms with E-state index in [0.29, 0.717) is 47.6 Å². The Morgan fingerprint density at radius 2 is 1.70 bits per heavy atom. The Labute approximate surface area is 280 Å². The van der Waals surface area contributed by atoms with E-state index in [2.05, 4.69) is 21.1 Å². The van der Waals surface area contributed by atoms with E-state index in [1.165, 1.54) is 19.2 Å². The quantitative estimate of drug-likeness (QED) is 0.144. The lowest BCUT2D eigenvalue weighted by Gasteiger charge is -2.15. The van der Waals surface area contributed by atoms with Gasteiger partial charge in [0, 0.05) is 39.7 Å². The summed E-state index contributed by atoms with van der Waals surface area (Å²) < 4.78 is 99.7. The van der Waals surface area contributed by atoms with Crippen molar-refractivity contribution in [3.63, 3.8) is 0 Å². The molecule has 4 N–H and O–H groups in total. The first-order valence-corrected chi connectivity index (χ1v) is 15.4. The van der Waals surface area contributed by atoms with Crippen molar-refractivity contribution in [3.05, 3.63) is 87.5 Å². The Hall–Kier alpha value is -5.39. The van der Waals surface area contributed by atoms with Gasteiger partial charge in [-0.15, -0.1) is 11.3 Å². The molecule has 3 amide bonds. The molecule has 50 heavy (non-hydrogen) atoms. The topological polar surface area (TPSA) is 138 Å². The van der Waals surface area contributed by atoms with Crippen molar-refractivity contribution < 1.29 is 59.8 Å². The Morgan fingerprint density at radius 1 is 0.940 bits per heavy atom. The molecule has 2 heterocycles. The molecule has 0 bridgehead atoms.